The van der Waals surface area contributed by atoms with Gasteiger partial charge in [0.2, 0.25) is 6.79 Å². The average Bonchev–Trinajstić information content (AvgIpc) is 3.12. The van der Waals surface area contributed by atoms with E-state index in [1.165, 1.54) is 0 Å². The molecule has 0 radical (unpaired) electrons. The zero-order chi connectivity index (χ0) is 16.0. The Morgan fingerprint density at radius 2 is 2.13 bits per heavy atom. The van der Waals surface area contributed by atoms with Gasteiger partial charge >= 0.3 is 0 Å². The summed E-state index contributed by atoms with van der Waals surface area (Å²) in [5.74, 6) is 1.86. The van der Waals surface area contributed by atoms with Gasteiger partial charge in [-0.15, -0.1) is 0 Å². The molecule has 7 nitrogen and oxygen atoms in total. The number of aryl methyl sites for hydroxylation is 2. The molecule has 0 bridgehead atoms. The minimum absolute atomic E-state index is 0.194. The number of aromatic nitrogens is 4. The molecule has 0 saturated heterocycles. The van der Waals surface area contributed by atoms with Crippen molar-refractivity contribution in [3.63, 3.8) is 0 Å². The Balaban J connectivity index is 1.91. The topological polar surface area (TPSA) is 82.0 Å². The van der Waals surface area contributed by atoms with Crippen LogP contribution in [-0.2, 0) is 13.5 Å². The van der Waals surface area contributed by atoms with Gasteiger partial charge < -0.3 is 14.5 Å². The van der Waals surface area contributed by atoms with Crippen LogP contribution >= 0.6 is 0 Å². The van der Waals surface area contributed by atoms with Gasteiger partial charge in [-0.05, 0) is 24.6 Å². The van der Waals surface area contributed by atoms with Gasteiger partial charge in [-0.3, -0.25) is 9.48 Å². The number of rotatable bonds is 3. The molecule has 0 aliphatic carbocycles. The first kappa shape index (κ1) is 13.8. The first-order valence-corrected chi connectivity index (χ1v) is 7.53. The largest absolute Gasteiger partial charge is 0.454 e. The third-order valence-corrected chi connectivity index (χ3v) is 3.90. The predicted octanol–water partition coefficient (Wildman–Crippen LogP) is 2.00. The second-order valence-electron chi connectivity index (χ2n) is 5.50. The number of nitrogens with one attached hydrogen (secondary N) is 1. The number of fused-ring (bicyclic) bond motifs is 2. The van der Waals surface area contributed by atoms with Gasteiger partial charge in [-0.25, -0.2) is 4.98 Å². The number of benzene rings is 1. The van der Waals surface area contributed by atoms with E-state index in [0.29, 0.717) is 28.4 Å². The van der Waals surface area contributed by atoms with E-state index in [4.69, 9.17) is 9.47 Å². The van der Waals surface area contributed by atoms with E-state index in [9.17, 15) is 4.79 Å². The lowest BCUT2D eigenvalue weighted by atomic mass is 10.1. The van der Waals surface area contributed by atoms with Crippen LogP contribution in [0.15, 0.2) is 23.0 Å². The highest BCUT2D eigenvalue weighted by Gasteiger charge is 2.18. The lowest BCUT2D eigenvalue weighted by molar-refractivity contribution is 0.174. The molecule has 2 aromatic heterocycles. The quantitative estimate of drug-likeness (QED) is 0.800. The van der Waals surface area contributed by atoms with Crippen molar-refractivity contribution in [3.8, 4) is 22.9 Å². The SMILES string of the molecule is CCCc1nn(C)c2c(=O)[nH]c(-c3ccc4c(c3)OCO4)nc12. The molecule has 0 unspecified atom stereocenters. The van der Waals surface area contributed by atoms with E-state index in [1.807, 2.05) is 18.2 Å². The van der Waals surface area contributed by atoms with Crippen LogP contribution in [0.2, 0.25) is 0 Å². The van der Waals surface area contributed by atoms with Crippen LogP contribution in [0.1, 0.15) is 19.0 Å². The van der Waals surface area contributed by atoms with Crippen LogP contribution in [-0.4, -0.2) is 26.5 Å². The maximum atomic E-state index is 12.4. The van der Waals surface area contributed by atoms with Crippen molar-refractivity contribution >= 4 is 11.0 Å². The number of hydrogen-bond acceptors (Lipinski definition) is 5. The van der Waals surface area contributed by atoms with Crippen molar-refractivity contribution in [2.24, 2.45) is 7.05 Å². The zero-order valence-corrected chi connectivity index (χ0v) is 12.9. The number of ether oxygens (including phenoxy) is 2. The Morgan fingerprint density at radius 3 is 2.96 bits per heavy atom. The molecule has 1 aliphatic heterocycles. The normalized spacial score (nSPS) is 13.0. The first-order chi connectivity index (χ1) is 11.2. The van der Waals surface area contributed by atoms with Crippen molar-refractivity contribution < 1.29 is 9.47 Å². The third kappa shape index (κ3) is 2.16. The lowest BCUT2D eigenvalue weighted by Crippen LogP contribution is -2.12. The summed E-state index contributed by atoms with van der Waals surface area (Å²) in [5, 5.41) is 4.42. The standard InChI is InChI=1S/C16H16N4O3/c1-3-4-10-13-14(20(2)19-10)16(21)18-15(17-13)9-5-6-11-12(7-9)23-8-22-11/h5-7H,3-4,8H2,1-2H3,(H,17,18,21). The van der Waals surface area contributed by atoms with E-state index in [2.05, 4.69) is 22.0 Å². The molecule has 1 N–H and O–H groups in total. The first-order valence-electron chi connectivity index (χ1n) is 7.53. The molecule has 0 fully saturated rings. The van der Waals surface area contributed by atoms with E-state index >= 15 is 0 Å². The highest BCUT2D eigenvalue weighted by Crippen LogP contribution is 2.35. The average molecular weight is 312 g/mol. The Kier molecular flexibility index (Phi) is 3.07. The summed E-state index contributed by atoms with van der Waals surface area (Å²) in [6.07, 6.45) is 1.73. The van der Waals surface area contributed by atoms with Gasteiger partial charge in [0.25, 0.3) is 5.56 Å². The molecule has 4 rings (SSSR count). The molecule has 1 aliphatic rings. The van der Waals surface area contributed by atoms with Gasteiger partial charge in [-0.1, -0.05) is 13.3 Å². The summed E-state index contributed by atoms with van der Waals surface area (Å²) >= 11 is 0. The van der Waals surface area contributed by atoms with Crippen molar-refractivity contribution in [3.05, 3.63) is 34.2 Å². The molecule has 23 heavy (non-hydrogen) atoms. The molecular formula is C16H16N4O3. The van der Waals surface area contributed by atoms with Gasteiger partial charge in [0.1, 0.15) is 11.3 Å². The minimum Gasteiger partial charge on any atom is -0.454 e. The number of nitrogens with zero attached hydrogens (tertiary/aromatic N) is 3. The van der Waals surface area contributed by atoms with Crippen LogP contribution in [0.4, 0.5) is 0 Å². The molecule has 0 saturated carbocycles. The fourth-order valence-electron chi connectivity index (χ4n) is 2.83. The fraction of sp³-hybridized carbons (Fsp3) is 0.312. The van der Waals surface area contributed by atoms with E-state index in [-0.39, 0.29) is 12.4 Å². The van der Waals surface area contributed by atoms with Crippen LogP contribution < -0.4 is 15.0 Å². The van der Waals surface area contributed by atoms with Crippen molar-refractivity contribution in [2.45, 2.75) is 19.8 Å². The number of aromatic amines is 1. The molecule has 3 heterocycles. The summed E-state index contributed by atoms with van der Waals surface area (Å²) in [7, 11) is 1.76. The van der Waals surface area contributed by atoms with E-state index in [1.54, 1.807) is 11.7 Å². The smallest absolute Gasteiger partial charge is 0.277 e. The lowest BCUT2D eigenvalue weighted by Gasteiger charge is -2.03. The summed E-state index contributed by atoms with van der Waals surface area (Å²) < 4.78 is 12.3. The molecule has 3 aromatic rings. The molecule has 0 amide bonds. The Labute approximate surface area is 131 Å². The summed E-state index contributed by atoms with van der Waals surface area (Å²) in [5.41, 5.74) is 2.58. The van der Waals surface area contributed by atoms with Gasteiger partial charge in [-0.2, -0.15) is 5.10 Å². The van der Waals surface area contributed by atoms with Gasteiger partial charge in [0.15, 0.2) is 17.0 Å². The number of hydrogen-bond donors (Lipinski definition) is 1. The molecule has 0 atom stereocenters. The predicted molar refractivity (Wildman–Crippen MR) is 84.7 cm³/mol. The fourth-order valence-corrected chi connectivity index (χ4v) is 2.83. The highest BCUT2D eigenvalue weighted by molar-refractivity contribution is 5.79. The summed E-state index contributed by atoms with van der Waals surface area (Å²) in [6, 6.07) is 5.49. The van der Waals surface area contributed by atoms with E-state index in [0.717, 1.165) is 24.1 Å². The highest BCUT2D eigenvalue weighted by atomic mass is 16.7. The van der Waals surface area contributed by atoms with Crippen molar-refractivity contribution in [1.29, 1.82) is 0 Å². The minimum atomic E-state index is -0.194. The van der Waals surface area contributed by atoms with Crippen LogP contribution in [0.25, 0.3) is 22.4 Å². The zero-order valence-electron chi connectivity index (χ0n) is 12.9. The maximum absolute atomic E-state index is 12.4. The molecule has 7 heteroatoms. The molecule has 0 spiro atoms. The Bertz CT molecular complexity index is 958. The number of H-pyrrole nitrogens is 1. The van der Waals surface area contributed by atoms with Crippen molar-refractivity contribution in [2.75, 3.05) is 6.79 Å². The van der Waals surface area contributed by atoms with Crippen LogP contribution in [0, 0.1) is 0 Å². The van der Waals surface area contributed by atoms with Gasteiger partial charge in [0, 0.05) is 12.6 Å². The van der Waals surface area contributed by atoms with Crippen LogP contribution in [0.5, 0.6) is 11.5 Å². The van der Waals surface area contributed by atoms with Crippen LogP contribution in [0.3, 0.4) is 0 Å². The Hall–Kier alpha value is -2.83. The third-order valence-electron chi connectivity index (χ3n) is 3.90. The summed E-state index contributed by atoms with van der Waals surface area (Å²) in [4.78, 5) is 19.9. The molecule has 1 aromatic carbocycles. The molecule has 118 valence electrons. The monoisotopic (exact) mass is 312 g/mol. The second kappa shape index (κ2) is 5.12. The van der Waals surface area contributed by atoms with Crippen molar-refractivity contribution in [1.82, 2.24) is 19.7 Å². The van der Waals surface area contributed by atoms with Gasteiger partial charge in [0.05, 0.1) is 5.69 Å². The molecular weight excluding hydrogens is 296 g/mol. The second-order valence-corrected chi connectivity index (χ2v) is 5.50. The van der Waals surface area contributed by atoms with E-state index < -0.39 is 0 Å². The Morgan fingerprint density at radius 1 is 1.30 bits per heavy atom. The summed E-state index contributed by atoms with van der Waals surface area (Å²) in [6.45, 7) is 2.29. The maximum Gasteiger partial charge on any atom is 0.277 e.